The van der Waals surface area contributed by atoms with Crippen LogP contribution in [0.2, 0.25) is 5.15 Å². The number of carbonyl (C=O) groups excluding carboxylic acids is 1. The van der Waals surface area contributed by atoms with Crippen molar-refractivity contribution in [2.75, 3.05) is 0 Å². The maximum atomic E-state index is 10.4. The summed E-state index contributed by atoms with van der Waals surface area (Å²) in [4.78, 5) is 14.2. The number of rotatable bonds is 2. The molecule has 5 nitrogen and oxygen atoms in total. The van der Waals surface area contributed by atoms with Crippen LogP contribution in [0.1, 0.15) is 10.5 Å². The molecule has 0 unspecified atom stereocenters. The summed E-state index contributed by atoms with van der Waals surface area (Å²) in [6.45, 7) is 0. The summed E-state index contributed by atoms with van der Waals surface area (Å²) in [6, 6.07) is 3.30. The van der Waals surface area contributed by atoms with Crippen molar-refractivity contribution < 1.29 is 4.79 Å². The van der Waals surface area contributed by atoms with Gasteiger partial charge in [0.05, 0.1) is 0 Å². The lowest BCUT2D eigenvalue weighted by molar-refractivity contribution is 0.111. The van der Waals surface area contributed by atoms with Crippen molar-refractivity contribution in [2.24, 2.45) is 0 Å². The van der Waals surface area contributed by atoms with Gasteiger partial charge in [-0.25, -0.2) is 4.98 Å². The molecule has 0 bridgehead atoms. The third-order valence-corrected chi connectivity index (χ3v) is 1.81. The highest BCUT2D eigenvalue weighted by molar-refractivity contribution is 6.29. The van der Waals surface area contributed by atoms with Gasteiger partial charge in [0.1, 0.15) is 12.0 Å². The summed E-state index contributed by atoms with van der Waals surface area (Å²) in [5.41, 5.74) is 0.349. The van der Waals surface area contributed by atoms with Gasteiger partial charge in [-0.1, -0.05) is 11.6 Å². The number of aromatic nitrogens is 4. The summed E-state index contributed by atoms with van der Waals surface area (Å²) in [5.74, 6) is 0.565. The van der Waals surface area contributed by atoms with Crippen molar-refractivity contribution in [3.8, 4) is 5.82 Å². The van der Waals surface area contributed by atoms with Crippen LogP contribution >= 0.6 is 11.6 Å². The van der Waals surface area contributed by atoms with Gasteiger partial charge in [0, 0.05) is 6.20 Å². The maximum Gasteiger partial charge on any atom is 0.170 e. The highest BCUT2D eigenvalue weighted by Crippen LogP contribution is 2.06. The lowest BCUT2D eigenvalue weighted by Crippen LogP contribution is -1.95. The van der Waals surface area contributed by atoms with E-state index in [0.717, 1.165) is 0 Å². The molecule has 0 aliphatic rings. The topological polar surface area (TPSA) is 60.7 Å². The van der Waals surface area contributed by atoms with Crippen molar-refractivity contribution in [1.82, 2.24) is 19.7 Å². The van der Waals surface area contributed by atoms with Crippen LogP contribution in [-0.2, 0) is 0 Å². The Morgan fingerprint density at radius 2 is 2.21 bits per heavy atom. The molecular weight excluding hydrogens is 204 g/mol. The first-order chi connectivity index (χ1) is 6.79. The molecule has 2 aromatic rings. The first-order valence-corrected chi connectivity index (χ1v) is 4.16. The summed E-state index contributed by atoms with van der Waals surface area (Å²) in [6.07, 6.45) is 3.71. The van der Waals surface area contributed by atoms with Crippen LogP contribution in [0.5, 0.6) is 0 Å². The van der Waals surface area contributed by atoms with Gasteiger partial charge >= 0.3 is 0 Å². The van der Waals surface area contributed by atoms with Crippen molar-refractivity contribution in [3.05, 3.63) is 35.5 Å². The molecule has 0 atom stereocenters. The molecule has 0 fully saturated rings. The Balaban J connectivity index is 2.39. The molecule has 2 heterocycles. The van der Waals surface area contributed by atoms with Crippen LogP contribution in [0.3, 0.4) is 0 Å². The molecule has 0 aromatic carbocycles. The number of aldehydes is 1. The maximum absolute atomic E-state index is 10.4. The van der Waals surface area contributed by atoms with Crippen LogP contribution in [0.15, 0.2) is 24.7 Å². The van der Waals surface area contributed by atoms with Gasteiger partial charge in [-0.05, 0) is 12.1 Å². The summed E-state index contributed by atoms with van der Waals surface area (Å²) in [5, 5.41) is 7.81. The smallest absolute Gasteiger partial charge is 0.170 e. The molecule has 0 aliphatic carbocycles. The molecular formula is C8H5ClN4O. The normalized spacial score (nSPS) is 10.1. The predicted octanol–water partition coefficient (Wildman–Crippen LogP) is 1.13. The second-order valence-corrected chi connectivity index (χ2v) is 2.93. The predicted molar refractivity (Wildman–Crippen MR) is 49.6 cm³/mol. The lowest BCUT2D eigenvalue weighted by Gasteiger charge is -1.97. The molecule has 2 aromatic heterocycles. The third-order valence-electron chi connectivity index (χ3n) is 1.61. The average Bonchev–Trinajstić information content (AvgIpc) is 2.67. The van der Waals surface area contributed by atoms with E-state index in [1.807, 2.05) is 0 Å². The van der Waals surface area contributed by atoms with E-state index in [-0.39, 0.29) is 0 Å². The minimum absolute atomic E-state index is 0.324. The van der Waals surface area contributed by atoms with Crippen molar-refractivity contribution in [2.45, 2.75) is 0 Å². The highest BCUT2D eigenvalue weighted by atomic mass is 35.5. The summed E-state index contributed by atoms with van der Waals surface area (Å²) >= 11 is 5.58. The molecule has 0 spiro atoms. The van der Waals surface area contributed by atoms with Crippen molar-refractivity contribution >= 4 is 17.9 Å². The first-order valence-electron chi connectivity index (χ1n) is 3.78. The number of carbonyl (C=O) groups is 1. The largest absolute Gasteiger partial charge is 0.296 e. The van der Waals surface area contributed by atoms with E-state index in [0.29, 0.717) is 23.0 Å². The fourth-order valence-electron chi connectivity index (χ4n) is 0.971. The molecule has 0 aliphatic heterocycles. The molecule has 0 radical (unpaired) electrons. The minimum Gasteiger partial charge on any atom is -0.296 e. The highest BCUT2D eigenvalue weighted by Gasteiger charge is 2.00. The average molecular weight is 209 g/mol. The zero-order valence-electron chi connectivity index (χ0n) is 6.96. The molecule has 0 N–H and O–H groups in total. The Bertz CT molecular complexity index is 451. The first kappa shape index (κ1) is 8.83. The lowest BCUT2D eigenvalue weighted by atomic mass is 10.5. The van der Waals surface area contributed by atoms with E-state index in [1.165, 1.54) is 6.33 Å². The Kier molecular flexibility index (Phi) is 2.24. The molecule has 70 valence electrons. The van der Waals surface area contributed by atoms with Crippen molar-refractivity contribution in [3.63, 3.8) is 0 Å². The monoisotopic (exact) mass is 208 g/mol. The number of halogens is 1. The van der Waals surface area contributed by atoms with E-state index >= 15 is 0 Å². The number of hydrogen-bond donors (Lipinski definition) is 0. The van der Waals surface area contributed by atoms with E-state index in [4.69, 9.17) is 11.6 Å². The van der Waals surface area contributed by atoms with Gasteiger partial charge in [0.2, 0.25) is 0 Å². The minimum atomic E-state index is 0.324. The van der Waals surface area contributed by atoms with E-state index in [1.54, 1.807) is 22.9 Å². The van der Waals surface area contributed by atoms with Gasteiger partial charge in [-0.3, -0.25) is 9.36 Å². The van der Waals surface area contributed by atoms with Crippen molar-refractivity contribution in [1.29, 1.82) is 0 Å². The van der Waals surface area contributed by atoms with Gasteiger partial charge in [-0.15, -0.1) is 10.2 Å². The molecule has 2 rings (SSSR count). The summed E-state index contributed by atoms with van der Waals surface area (Å²) < 4.78 is 1.59. The fraction of sp³-hybridized carbons (Fsp3) is 0. The van der Waals surface area contributed by atoms with Gasteiger partial charge < -0.3 is 0 Å². The van der Waals surface area contributed by atoms with Crippen LogP contribution in [0, 0.1) is 0 Å². The van der Waals surface area contributed by atoms with Gasteiger partial charge in [0.15, 0.2) is 17.3 Å². The van der Waals surface area contributed by atoms with Crippen LogP contribution in [0.4, 0.5) is 0 Å². The molecule has 0 amide bonds. The van der Waals surface area contributed by atoms with E-state index in [2.05, 4.69) is 15.2 Å². The quantitative estimate of drug-likeness (QED) is 0.694. The second-order valence-electron chi connectivity index (χ2n) is 2.54. The Morgan fingerprint density at radius 3 is 2.79 bits per heavy atom. The molecule has 6 heteroatoms. The molecule has 14 heavy (non-hydrogen) atoms. The number of nitrogens with zero attached hydrogens (tertiary/aromatic N) is 4. The second kappa shape index (κ2) is 3.55. The zero-order chi connectivity index (χ0) is 9.97. The molecule has 0 saturated heterocycles. The van der Waals surface area contributed by atoms with E-state index < -0.39 is 0 Å². The van der Waals surface area contributed by atoms with Gasteiger partial charge in [0.25, 0.3) is 0 Å². The fourth-order valence-corrected chi connectivity index (χ4v) is 1.07. The Morgan fingerprint density at radius 1 is 1.36 bits per heavy atom. The molecule has 0 saturated carbocycles. The van der Waals surface area contributed by atoms with E-state index in [9.17, 15) is 4.79 Å². The number of hydrogen-bond acceptors (Lipinski definition) is 4. The van der Waals surface area contributed by atoms with Crippen LogP contribution < -0.4 is 0 Å². The number of imidazole rings is 1. The van der Waals surface area contributed by atoms with Gasteiger partial charge in [-0.2, -0.15) is 0 Å². The zero-order valence-corrected chi connectivity index (χ0v) is 7.72. The Hall–Kier alpha value is -1.75. The Labute approximate surface area is 84.4 Å². The SMILES string of the molecule is O=Cc1cn(-c2ccc(Cl)nn2)cn1. The summed E-state index contributed by atoms with van der Waals surface area (Å²) in [7, 11) is 0. The van der Waals surface area contributed by atoms with Crippen LogP contribution in [-0.4, -0.2) is 26.0 Å². The van der Waals surface area contributed by atoms with Crippen LogP contribution in [0.25, 0.3) is 5.82 Å². The standard InChI is InChI=1S/C8H5ClN4O/c9-7-1-2-8(12-11-7)13-3-6(4-14)10-5-13/h1-5H. The third kappa shape index (κ3) is 1.62.